The number of ether oxygens (including phenoxy) is 1. The smallest absolute Gasteiger partial charge is 0.245 e. The van der Waals surface area contributed by atoms with E-state index < -0.39 is 0 Å². The summed E-state index contributed by atoms with van der Waals surface area (Å²) in [5, 5.41) is 0. The van der Waals surface area contributed by atoms with Crippen molar-refractivity contribution in [3.05, 3.63) is 6.33 Å². The third kappa shape index (κ3) is 2.07. The van der Waals surface area contributed by atoms with E-state index in [9.17, 15) is 0 Å². The molecule has 0 bridgehead atoms. The number of likely N-dealkylation sites (tertiary alicyclic amines) is 1. The fourth-order valence-corrected chi connectivity index (χ4v) is 2.94. The van der Waals surface area contributed by atoms with Gasteiger partial charge in [-0.05, 0) is 25.9 Å². The fourth-order valence-electron chi connectivity index (χ4n) is 2.94. The average Bonchev–Trinajstić information content (AvgIpc) is 2.83. The number of rotatable bonds is 3. The number of fused-ring (bicyclic) bond motifs is 1. The van der Waals surface area contributed by atoms with Crippen LogP contribution in [0.2, 0.25) is 0 Å². The van der Waals surface area contributed by atoms with Gasteiger partial charge in [0.25, 0.3) is 0 Å². The maximum atomic E-state index is 6.10. The molecule has 1 atom stereocenters. The van der Waals surface area contributed by atoms with E-state index in [1.807, 2.05) is 4.57 Å². The zero-order valence-corrected chi connectivity index (χ0v) is 11.9. The molecule has 0 saturated carbocycles. The molecule has 1 aliphatic rings. The molecule has 1 unspecified atom stereocenters. The molecular weight excluding hydrogens is 256 g/mol. The van der Waals surface area contributed by atoms with Gasteiger partial charge in [0.05, 0.1) is 13.2 Å². The lowest BCUT2D eigenvalue weighted by molar-refractivity contribution is 0.188. The highest BCUT2D eigenvalue weighted by atomic mass is 16.5. The van der Waals surface area contributed by atoms with Crippen LogP contribution < -0.4 is 10.5 Å². The van der Waals surface area contributed by atoms with Crippen molar-refractivity contribution in [2.45, 2.75) is 25.8 Å². The van der Waals surface area contributed by atoms with Crippen molar-refractivity contribution in [2.75, 3.05) is 32.5 Å². The van der Waals surface area contributed by atoms with Gasteiger partial charge in [0.2, 0.25) is 11.8 Å². The molecule has 0 amide bonds. The van der Waals surface area contributed by atoms with Gasteiger partial charge >= 0.3 is 0 Å². The van der Waals surface area contributed by atoms with Gasteiger partial charge in [0.15, 0.2) is 11.2 Å². The third-order valence-corrected chi connectivity index (χ3v) is 3.96. The minimum absolute atomic E-state index is 0.313. The molecule has 7 nitrogen and oxygen atoms in total. The fraction of sp³-hybridized carbons (Fsp3) is 0.615. The monoisotopic (exact) mass is 276 g/mol. The third-order valence-electron chi connectivity index (χ3n) is 3.96. The molecule has 1 saturated heterocycles. The number of hydrogen-bond donors (Lipinski definition) is 1. The van der Waals surface area contributed by atoms with Crippen LogP contribution in [-0.2, 0) is 0 Å². The molecular formula is C13H20N6O. The number of nitrogen functional groups attached to an aromatic ring is 1. The molecule has 3 heterocycles. The molecule has 3 rings (SSSR count). The first-order chi connectivity index (χ1) is 9.74. The van der Waals surface area contributed by atoms with E-state index in [0.29, 0.717) is 23.4 Å². The lowest BCUT2D eigenvalue weighted by Crippen LogP contribution is -2.36. The highest BCUT2D eigenvalue weighted by Gasteiger charge is 2.25. The van der Waals surface area contributed by atoms with Gasteiger partial charge in [0.1, 0.15) is 6.33 Å². The Morgan fingerprint density at radius 2 is 2.30 bits per heavy atom. The molecule has 0 spiro atoms. The summed E-state index contributed by atoms with van der Waals surface area (Å²) in [7, 11) is 1.58. The molecule has 1 aliphatic heterocycles. The average molecular weight is 276 g/mol. The van der Waals surface area contributed by atoms with Crippen LogP contribution >= 0.6 is 0 Å². The minimum Gasteiger partial charge on any atom is -0.479 e. The van der Waals surface area contributed by atoms with Crippen molar-refractivity contribution in [1.82, 2.24) is 24.4 Å². The number of methoxy groups -OCH3 is 1. The minimum atomic E-state index is 0.313. The van der Waals surface area contributed by atoms with Crippen molar-refractivity contribution in [3.63, 3.8) is 0 Å². The molecule has 2 aromatic heterocycles. The second-order valence-electron chi connectivity index (χ2n) is 5.08. The number of aromatic nitrogens is 4. The number of piperidine rings is 1. The molecule has 0 radical (unpaired) electrons. The molecule has 0 aromatic carbocycles. The van der Waals surface area contributed by atoms with Gasteiger partial charge in [-0.25, -0.2) is 9.97 Å². The first-order valence-corrected chi connectivity index (χ1v) is 6.99. The largest absolute Gasteiger partial charge is 0.479 e. The molecule has 0 aliphatic carbocycles. The van der Waals surface area contributed by atoms with Crippen molar-refractivity contribution in [2.24, 2.45) is 0 Å². The van der Waals surface area contributed by atoms with Crippen molar-refractivity contribution in [1.29, 1.82) is 0 Å². The summed E-state index contributed by atoms with van der Waals surface area (Å²) in [6, 6.07) is 0.313. The number of imidazole rings is 1. The maximum absolute atomic E-state index is 6.10. The van der Waals surface area contributed by atoms with Crippen LogP contribution in [0, 0.1) is 0 Å². The predicted octanol–water partition coefficient (Wildman–Crippen LogP) is 1.07. The topological polar surface area (TPSA) is 82.1 Å². The van der Waals surface area contributed by atoms with Gasteiger partial charge in [-0.2, -0.15) is 4.98 Å². The van der Waals surface area contributed by atoms with Crippen molar-refractivity contribution >= 4 is 17.1 Å². The second kappa shape index (κ2) is 5.24. The summed E-state index contributed by atoms with van der Waals surface area (Å²) < 4.78 is 7.26. The van der Waals surface area contributed by atoms with Gasteiger partial charge in [-0.3, -0.25) is 4.57 Å². The van der Waals surface area contributed by atoms with Gasteiger partial charge in [0, 0.05) is 6.54 Å². The molecule has 7 heteroatoms. The van der Waals surface area contributed by atoms with Crippen LogP contribution in [0.3, 0.4) is 0 Å². The van der Waals surface area contributed by atoms with Gasteiger partial charge in [-0.1, -0.05) is 6.92 Å². The van der Waals surface area contributed by atoms with E-state index >= 15 is 0 Å². The summed E-state index contributed by atoms with van der Waals surface area (Å²) >= 11 is 0. The molecule has 2 N–H and O–H groups in total. The second-order valence-corrected chi connectivity index (χ2v) is 5.08. The van der Waals surface area contributed by atoms with Crippen molar-refractivity contribution < 1.29 is 4.74 Å². The molecule has 2 aromatic rings. The number of hydrogen-bond acceptors (Lipinski definition) is 6. The molecule has 1 fully saturated rings. The number of nitrogens with two attached hydrogens (primary N) is 1. The Morgan fingerprint density at radius 3 is 3.05 bits per heavy atom. The zero-order valence-electron chi connectivity index (χ0n) is 11.9. The lowest BCUT2D eigenvalue weighted by Gasteiger charge is -2.32. The molecule has 108 valence electrons. The van der Waals surface area contributed by atoms with E-state index in [2.05, 4.69) is 26.8 Å². The van der Waals surface area contributed by atoms with E-state index in [-0.39, 0.29) is 0 Å². The standard InChI is InChI=1S/C13H20N6O/c1-3-18-6-4-5-9(7-18)19-11-10(17-13(19)14)12(20-2)16-8-15-11/h8-9H,3-7H2,1-2H3,(H2,14,17). The summed E-state index contributed by atoms with van der Waals surface area (Å²) in [6.07, 6.45) is 3.76. The Hall–Kier alpha value is -1.89. The SMILES string of the molecule is CCN1CCCC(n2c(N)nc3c(OC)ncnc32)C1. The van der Waals surface area contributed by atoms with Crippen molar-refractivity contribution in [3.8, 4) is 5.88 Å². The Kier molecular flexibility index (Phi) is 3.43. The highest BCUT2D eigenvalue weighted by Crippen LogP contribution is 2.30. The van der Waals surface area contributed by atoms with Gasteiger partial charge in [-0.15, -0.1) is 0 Å². The van der Waals surface area contributed by atoms with Crippen LogP contribution in [0.15, 0.2) is 6.33 Å². The Morgan fingerprint density at radius 1 is 1.45 bits per heavy atom. The Labute approximate surface area is 117 Å². The van der Waals surface area contributed by atoms with Crippen LogP contribution in [0.25, 0.3) is 11.2 Å². The number of likely N-dealkylation sites (N-methyl/N-ethyl adjacent to an activating group) is 1. The van der Waals surface area contributed by atoms with Crippen LogP contribution in [0.1, 0.15) is 25.8 Å². The Balaban J connectivity index is 2.05. The quantitative estimate of drug-likeness (QED) is 0.903. The summed E-state index contributed by atoms with van der Waals surface area (Å²) in [5.74, 6) is 0.963. The predicted molar refractivity (Wildman–Crippen MR) is 76.7 cm³/mol. The highest BCUT2D eigenvalue weighted by molar-refractivity contribution is 5.79. The van der Waals surface area contributed by atoms with E-state index in [1.54, 1.807) is 7.11 Å². The summed E-state index contributed by atoms with van der Waals surface area (Å²) in [5.41, 5.74) is 7.51. The van der Waals surface area contributed by atoms with Gasteiger partial charge < -0.3 is 15.4 Å². The number of anilines is 1. The maximum Gasteiger partial charge on any atom is 0.245 e. The first-order valence-electron chi connectivity index (χ1n) is 6.99. The number of nitrogens with zero attached hydrogens (tertiary/aromatic N) is 5. The lowest BCUT2D eigenvalue weighted by atomic mass is 10.1. The molecule has 20 heavy (non-hydrogen) atoms. The summed E-state index contributed by atoms with van der Waals surface area (Å²) in [6.45, 7) is 5.38. The Bertz CT molecular complexity index is 610. The van der Waals surface area contributed by atoms with Crippen LogP contribution in [-0.4, -0.2) is 51.2 Å². The van der Waals surface area contributed by atoms with E-state index in [4.69, 9.17) is 10.5 Å². The van der Waals surface area contributed by atoms with Crippen LogP contribution in [0.5, 0.6) is 5.88 Å². The van der Waals surface area contributed by atoms with E-state index in [1.165, 1.54) is 12.7 Å². The summed E-state index contributed by atoms with van der Waals surface area (Å²) in [4.78, 5) is 15.2. The normalized spacial score (nSPS) is 20.4. The zero-order chi connectivity index (χ0) is 14.1. The first kappa shape index (κ1) is 13.1. The van der Waals surface area contributed by atoms with E-state index in [0.717, 1.165) is 31.7 Å². The van der Waals surface area contributed by atoms with Crippen LogP contribution in [0.4, 0.5) is 5.95 Å².